The van der Waals surface area contributed by atoms with Crippen LogP contribution in [0.4, 0.5) is 0 Å². The molecule has 2 N–H and O–H groups in total. The second-order valence-electron chi connectivity index (χ2n) is 4.08. The number of thioether (sulfide) groups is 1. The molecule has 0 bridgehead atoms. The number of hydrogen-bond acceptors (Lipinski definition) is 4. The number of carbonyl (C=O) groups is 2. The van der Waals surface area contributed by atoms with Crippen LogP contribution in [0.5, 0.6) is 0 Å². The van der Waals surface area contributed by atoms with E-state index in [4.69, 9.17) is 5.11 Å². The minimum absolute atomic E-state index is 0.147. The SMILES string of the molecule is CC(C)C(NC(=O)CSc1ccccn1)C(=O)O. The summed E-state index contributed by atoms with van der Waals surface area (Å²) < 4.78 is 0. The van der Waals surface area contributed by atoms with Crippen molar-refractivity contribution in [3.05, 3.63) is 24.4 Å². The van der Waals surface area contributed by atoms with Gasteiger partial charge < -0.3 is 10.4 Å². The van der Waals surface area contributed by atoms with Crippen LogP contribution in [0, 0.1) is 5.92 Å². The van der Waals surface area contributed by atoms with Gasteiger partial charge in [0.2, 0.25) is 5.91 Å². The third-order valence-corrected chi connectivity index (χ3v) is 3.18. The van der Waals surface area contributed by atoms with Gasteiger partial charge in [-0.15, -0.1) is 0 Å². The van der Waals surface area contributed by atoms with Crippen molar-refractivity contribution in [2.75, 3.05) is 5.75 Å². The van der Waals surface area contributed by atoms with E-state index < -0.39 is 12.0 Å². The van der Waals surface area contributed by atoms with Crippen LogP contribution in [0.15, 0.2) is 29.4 Å². The normalized spacial score (nSPS) is 12.2. The molecule has 0 aliphatic carbocycles. The Morgan fingerprint density at radius 1 is 1.44 bits per heavy atom. The number of carboxylic acid groups (broad SMARTS) is 1. The summed E-state index contributed by atoms with van der Waals surface area (Å²) in [5.74, 6) is -1.30. The Hall–Kier alpha value is -1.56. The van der Waals surface area contributed by atoms with Gasteiger partial charge in [0.15, 0.2) is 0 Å². The molecule has 5 nitrogen and oxygen atoms in total. The monoisotopic (exact) mass is 268 g/mol. The lowest BCUT2D eigenvalue weighted by Gasteiger charge is -2.17. The van der Waals surface area contributed by atoms with Crippen LogP contribution in [0.3, 0.4) is 0 Å². The summed E-state index contributed by atoms with van der Waals surface area (Å²) >= 11 is 1.28. The number of hydrogen-bond donors (Lipinski definition) is 2. The van der Waals surface area contributed by atoms with Gasteiger partial charge >= 0.3 is 5.97 Å². The minimum Gasteiger partial charge on any atom is -0.480 e. The van der Waals surface area contributed by atoms with Crippen molar-refractivity contribution in [1.29, 1.82) is 0 Å². The molecule has 0 fully saturated rings. The number of nitrogens with zero attached hydrogens (tertiary/aromatic N) is 1. The summed E-state index contributed by atoms with van der Waals surface area (Å²) in [7, 11) is 0. The zero-order chi connectivity index (χ0) is 13.5. The topological polar surface area (TPSA) is 79.3 Å². The van der Waals surface area contributed by atoms with Gasteiger partial charge in [0.25, 0.3) is 0 Å². The Balaban J connectivity index is 2.44. The molecule has 1 rings (SSSR count). The average Bonchev–Trinajstić information content (AvgIpc) is 2.34. The zero-order valence-electron chi connectivity index (χ0n) is 10.3. The fraction of sp³-hybridized carbons (Fsp3) is 0.417. The highest BCUT2D eigenvalue weighted by Gasteiger charge is 2.23. The van der Waals surface area contributed by atoms with Crippen molar-refractivity contribution < 1.29 is 14.7 Å². The smallest absolute Gasteiger partial charge is 0.326 e. The van der Waals surface area contributed by atoms with Crippen LogP contribution >= 0.6 is 11.8 Å². The Morgan fingerprint density at radius 3 is 2.67 bits per heavy atom. The highest BCUT2D eigenvalue weighted by molar-refractivity contribution is 7.99. The molecule has 1 atom stereocenters. The van der Waals surface area contributed by atoms with Crippen molar-refractivity contribution in [2.24, 2.45) is 5.92 Å². The summed E-state index contributed by atoms with van der Waals surface area (Å²) in [6, 6.07) is 4.58. The van der Waals surface area contributed by atoms with Crippen molar-refractivity contribution in [3.63, 3.8) is 0 Å². The Morgan fingerprint density at radius 2 is 2.17 bits per heavy atom. The van der Waals surface area contributed by atoms with Gasteiger partial charge in [0.1, 0.15) is 6.04 Å². The summed E-state index contributed by atoms with van der Waals surface area (Å²) in [4.78, 5) is 26.6. The van der Waals surface area contributed by atoms with Gasteiger partial charge in [-0.2, -0.15) is 0 Å². The fourth-order valence-electron chi connectivity index (χ4n) is 1.30. The van der Waals surface area contributed by atoms with E-state index >= 15 is 0 Å². The number of carbonyl (C=O) groups excluding carboxylic acids is 1. The largest absolute Gasteiger partial charge is 0.480 e. The first-order valence-electron chi connectivity index (χ1n) is 5.56. The van der Waals surface area contributed by atoms with Crippen molar-refractivity contribution in [1.82, 2.24) is 10.3 Å². The van der Waals surface area contributed by atoms with Gasteiger partial charge in [-0.1, -0.05) is 31.7 Å². The summed E-state index contributed by atoms with van der Waals surface area (Å²) in [5.41, 5.74) is 0. The first-order valence-corrected chi connectivity index (χ1v) is 6.55. The second-order valence-corrected chi connectivity index (χ2v) is 5.08. The molecule has 1 heterocycles. The molecule has 0 saturated heterocycles. The van der Waals surface area contributed by atoms with E-state index in [-0.39, 0.29) is 17.6 Å². The van der Waals surface area contributed by atoms with Gasteiger partial charge in [-0.25, -0.2) is 9.78 Å². The van der Waals surface area contributed by atoms with E-state index in [0.717, 1.165) is 5.03 Å². The zero-order valence-corrected chi connectivity index (χ0v) is 11.1. The van der Waals surface area contributed by atoms with Crippen molar-refractivity contribution in [3.8, 4) is 0 Å². The second kappa shape index (κ2) is 7.00. The van der Waals surface area contributed by atoms with Crippen LogP contribution in [-0.2, 0) is 9.59 Å². The van der Waals surface area contributed by atoms with E-state index in [9.17, 15) is 9.59 Å². The molecule has 18 heavy (non-hydrogen) atoms. The maximum absolute atomic E-state index is 11.6. The number of amides is 1. The molecule has 1 unspecified atom stereocenters. The summed E-state index contributed by atoms with van der Waals surface area (Å²) in [5, 5.41) is 12.2. The van der Waals surface area contributed by atoms with E-state index in [2.05, 4.69) is 10.3 Å². The lowest BCUT2D eigenvalue weighted by atomic mass is 10.1. The maximum atomic E-state index is 11.6. The van der Waals surface area contributed by atoms with Gasteiger partial charge in [-0.05, 0) is 18.1 Å². The minimum atomic E-state index is -1.01. The third-order valence-electron chi connectivity index (χ3n) is 2.24. The first kappa shape index (κ1) is 14.5. The highest BCUT2D eigenvalue weighted by atomic mass is 32.2. The van der Waals surface area contributed by atoms with Crippen LogP contribution in [0.1, 0.15) is 13.8 Å². The number of pyridine rings is 1. The van der Waals surface area contributed by atoms with Crippen LogP contribution in [0.2, 0.25) is 0 Å². The van der Waals surface area contributed by atoms with E-state index in [0.29, 0.717) is 0 Å². The highest BCUT2D eigenvalue weighted by Crippen LogP contribution is 2.13. The van der Waals surface area contributed by atoms with E-state index in [1.54, 1.807) is 32.2 Å². The lowest BCUT2D eigenvalue weighted by molar-refractivity contribution is -0.142. The Kier molecular flexibility index (Phi) is 5.64. The first-order chi connectivity index (χ1) is 8.50. The molecular weight excluding hydrogens is 252 g/mol. The van der Waals surface area contributed by atoms with Crippen LogP contribution < -0.4 is 5.32 Å². The van der Waals surface area contributed by atoms with Gasteiger partial charge in [0.05, 0.1) is 10.8 Å². The molecule has 1 amide bonds. The molecule has 0 radical (unpaired) electrons. The molecule has 0 aliphatic rings. The molecule has 0 aliphatic heterocycles. The van der Waals surface area contributed by atoms with Gasteiger partial charge in [-0.3, -0.25) is 4.79 Å². The third kappa shape index (κ3) is 4.75. The summed E-state index contributed by atoms with van der Waals surface area (Å²) in [6.07, 6.45) is 1.65. The standard InChI is InChI=1S/C12H16N2O3S/c1-8(2)11(12(16)17)14-9(15)7-18-10-5-3-4-6-13-10/h3-6,8,11H,7H2,1-2H3,(H,14,15)(H,16,17). The Labute approximate surface area is 110 Å². The Bertz CT molecular complexity index is 409. The van der Waals surface area contributed by atoms with E-state index in [1.807, 2.05) is 6.07 Å². The molecule has 0 aromatic carbocycles. The molecule has 0 spiro atoms. The quantitative estimate of drug-likeness (QED) is 0.762. The summed E-state index contributed by atoms with van der Waals surface area (Å²) in [6.45, 7) is 3.51. The molecular formula is C12H16N2O3S. The average molecular weight is 268 g/mol. The fourth-order valence-corrected chi connectivity index (χ4v) is 1.97. The van der Waals surface area contributed by atoms with E-state index in [1.165, 1.54) is 11.8 Å². The predicted molar refractivity (Wildman–Crippen MR) is 69.4 cm³/mol. The van der Waals surface area contributed by atoms with Crippen LogP contribution in [-0.4, -0.2) is 33.8 Å². The number of aromatic nitrogens is 1. The molecule has 0 saturated carbocycles. The number of aliphatic carboxylic acids is 1. The van der Waals surface area contributed by atoms with Gasteiger partial charge in [0, 0.05) is 6.20 Å². The lowest BCUT2D eigenvalue weighted by Crippen LogP contribution is -2.45. The van der Waals surface area contributed by atoms with Crippen LogP contribution in [0.25, 0.3) is 0 Å². The molecule has 6 heteroatoms. The molecule has 1 aromatic rings. The number of rotatable bonds is 6. The van der Waals surface area contributed by atoms with Crippen molar-refractivity contribution in [2.45, 2.75) is 24.9 Å². The molecule has 1 aromatic heterocycles. The number of carboxylic acids is 1. The molecule has 98 valence electrons. The van der Waals surface area contributed by atoms with Crippen molar-refractivity contribution >= 4 is 23.6 Å². The maximum Gasteiger partial charge on any atom is 0.326 e. The predicted octanol–water partition coefficient (Wildman–Crippen LogP) is 1.40. The number of nitrogens with one attached hydrogen (secondary N) is 1.